The van der Waals surface area contributed by atoms with Crippen LogP contribution in [0, 0.1) is 18.9 Å². The average Bonchev–Trinajstić information content (AvgIpc) is 2.52. The van der Waals surface area contributed by atoms with E-state index in [1.54, 1.807) is 12.1 Å². The van der Waals surface area contributed by atoms with Crippen molar-refractivity contribution in [2.75, 3.05) is 0 Å². The van der Waals surface area contributed by atoms with Gasteiger partial charge in [-0.1, -0.05) is 48.0 Å². The zero-order valence-corrected chi connectivity index (χ0v) is 13.8. The van der Waals surface area contributed by atoms with Gasteiger partial charge in [-0.15, -0.1) is 0 Å². The summed E-state index contributed by atoms with van der Waals surface area (Å²) in [5.74, 6) is 1.92. The van der Waals surface area contributed by atoms with Crippen LogP contribution in [0.3, 0.4) is 0 Å². The summed E-state index contributed by atoms with van der Waals surface area (Å²) in [6.45, 7) is 3.26. The molecule has 23 heavy (non-hydrogen) atoms. The van der Waals surface area contributed by atoms with E-state index in [1.165, 1.54) is 19.1 Å². The van der Waals surface area contributed by atoms with Crippen molar-refractivity contribution in [3.05, 3.63) is 65.7 Å². The smallest absolute Gasteiger partial charge is 0.271 e. The number of carbonyl (C=O) groups is 1. The van der Waals surface area contributed by atoms with Gasteiger partial charge in [-0.05, 0) is 30.5 Å². The van der Waals surface area contributed by atoms with Crippen LogP contribution in [0.25, 0.3) is 0 Å². The first-order valence-corrected chi connectivity index (χ1v) is 8.49. The normalized spacial score (nSPS) is 10.5. The molecule has 0 bridgehead atoms. The van der Waals surface area contributed by atoms with Crippen molar-refractivity contribution >= 4 is 15.8 Å². The molecule has 5 heteroatoms. The second-order valence-corrected chi connectivity index (χ2v) is 6.97. The lowest BCUT2D eigenvalue weighted by molar-refractivity contribution is -0.111. The van der Waals surface area contributed by atoms with Gasteiger partial charge >= 0.3 is 0 Å². The molecule has 4 nitrogen and oxygen atoms in total. The van der Waals surface area contributed by atoms with Crippen LogP contribution in [0.4, 0.5) is 0 Å². The van der Waals surface area contributed by atoms with Crippen molar-refractivity contribution in [3.63, 3.8) is 0 Å². The van der Waals surface area contributed by atoms with Gasteiger partial charge in [0.15, 0.2) is 0 Å². The molecule has 2 aromatic carbocycles. The third kappa shape index (κ3) is 4.44. The number of hydrogen-bond donors (Lipinski definition) is 0. The summed E-state index contributed by atoms with van der Waals surface area (Å²) in [5.41, 5.74) is 1.76. The Bertz CT molecular complexity index is 845. The largest absolute Gasteiger partial charge is 0.285 e. The highest BCUT2D eigenvalue weighted by Crippen LogP contribution is 2.18. The number of carbonyl (C=O) groups excluding carboxylic acids is 1. The van der Waals surface area contributed by atoms with Gasteiger partial charge in [0.2, 0.25) is 5.78 Å². The van der Waals surface area contributed by atoms with Crippen molar-refractivity contribution in [2.45, 2.75) is 25.3 Å². The lowest BCUT2D eigenvalue weighted by Crippen LogP contribution is -2.26. The molecule has 0 saturated carbocycles. The number of rotatable bonds is 4. The monoisotopic (exact) mass is 327 g/mol. The van der Waals surface area contributed by atoms with Gasteiger partial charge in [0.25, 0.3) is 10.0 Å². The summed E-state index contributed by atoms with van der Waals surface area (Å²) in [6, 6.07) is 18.1. The van der Waals surface area contributed by atoms with E-state index in [0.717, 1.165) is 15.4 Å². The third-order valence-corrected chi connectivity index (χ3v) is 4.80. The number of ketones is 1. The summed E-state index contributed by atoms with van der Waals surface area (Å²) in [6.07, 6.45) is 0. The zero-order valence-electron chi connectivity index (χ0n) is 13.0. The lowest BCUT2D eigenvalue weighted by Gasteiger charge is -2.18. The SMILES string of the molecule is CC(=O)C#CN(Cc1ccccc1)S(=O)(=O)c1ccc(C)cc1. The number of Topliss-reactive ketones (excluding diaryl/α,β-unsaturated/α-hetero) is 1. The highest BCUT2D eigenvalue weighted by Gasteiger charge is 2.22. The molecule has 0 saturated heterocycles. The van der Waals surface area contributed by atoms with E-state index in [9.17, 15) is 13.2 Å². The fraction of sp³-hybridized carbons (Fsp3) is 0.167. The van der Waals surface area contributed by atoms with Gasteiger partial charge in [-0.2, -0.15) is 0 Å². The molecule has 2 aromatic rings. The van der Waals surface area contributed by atoms with Gasteiger partial charge < -0.3 is 0 Å². The molecule has 0 atom stereocenters. The molecule has 118 valence electrons. The Morgan fingerprint density at radius 2 is 1.65 bits per heavy atom. The van der Waals surface area contributed by atoms with Gasteiger partial charge in [-0.3, -0.25) is 4.79 Å². The van der Waals surface area contributed by atoms with Crippen LogP contribution in [-0.4, -0.2) is 18.5 Å². The number of benzene rings is 2. The van der Waals surface area contributed by atoms with E-state index in [2.05, 4.69) is 12.0 Å². The first-order valence-electron chi connectivity index (χ1n) is 7.05. The predicted octanol–water partition coefficient (Wildman–Crippen LogP) is 2.74. The molecule has 0 aliphatic carbocycles. The lowest BCUT2D eigenvalue weighted by atomic mass is 10.2. The Morgan fingerprint density at radius 1 is 1.04 bits per heavy atom. The number of aryl methyl sites for hydroxylation is 1. The molecule has 0 heterocycles. The van der Waals surface area contributed by atoms with Crippen molar-refractivity contribution in [1.29, 1.82) is 0 Å². The van der Waals surface area contributed by atoms with Crippen LogP contribution < -0.4 is 0 Å². The van der Waals surface area contributed by atoms with Gasteiger partial charge in [0.1, 0.15) is 0 Å². The molecule has 0 amide bonds. The third-order valence-electron chi connectivity index (χ3n) is 3.13. The quantitative estimate of drug-likeness (QED) is 0.641. The van der Waals surface area contributed by atoms with Crippen molar-refractivity contribution in [3.8, 4) is 12.0 Å². The average molecular weight is 327 g/mol. The number of nitrogens with zero attached hydrogens (tertiary/aromatic N) is 1. The Labute approximate surface area is 136 Å². The van der Waals surface area contributed by atoms with Crippen molar-refractivity contribution < 1.29 is 13.2 Å². The highest BCUT2D eigenvalue weighted by molar-refractivity contribution is 7.89. The van der Waals surface area contributed by atoms with Gasteiger partial charge in [0.05, 0.1) is 11.4 Å². The fourth-order valence-electron chi connectivity index (χ4n) is 1.91. The van der Waals surface area contributed by atoms with Crippen LogP contribution in [0.5, 0.6) is 0 Å². The molecular weight excluding hydrogens is 310 g/mol. The maximum absolute atomic E-state index is 12.8. The maximum atomic E-state index is 12.8. The predicted molar refractivity (Wildman–Crippen MR) is 88.8 cm³/mol. The van der Waals surface area contributed by atoms with Crippen molar-refractivity contribution in [2.24, 2.45) is 0 Å². The molecule has 0 N–H and O–H groups in total. The number of hydrogen-bond acceptors (Lipinski definition) is 3. The Balaban J connectivity index is 2.42. The molecule has 0 aliphatic heterocycles. The molecular formula is C18H17NO3S. The van der Waals surface area contributed by atoms with Crippen molar-refractivity contribution in [1.82, 2.24) is 4.31 Å². The minimum absolute atomic E-state index is 0.0807. The Morgan fingerprint density at radius 3 is 2.22 bits per heavy atom. The second kappa shape index (κ2) is 7.12. The highest BCUT2D eigenvalue weighted by atomic mass is 32.2. The molecule has 2 rings (SSSR count). The van der Waals surface area contributed by atoms with E-state index in [-0.39, 0.29) is 17.2 Å². The molecule has 0 unspecified atom stereocenters. The zero-order chi connectivity index (χ0) is 16.9. The van der Waals surface area contributed by atoms with E-state index >= 15 is 0 Å². The first kappa shape index (κ1) is 16.8. The van der Waals surface area contributed by atoms with Crippen LogP contribution in [0.1, 0.15) is 18.1 Å². The Hall–Kier alpha value is -2.58. The van der Waals surface area contributed by atoms with Crippen LogP contribution in [-0.2, 0) is 21.4 Å². The second-order valence-electron chi connectivity index (χ2n) is 5.10. The van der Waals surface area contributed by atoms with Gasteiger partial charge in [0, 0.05) is 13.0 Å². The molecule has 0 aromatic heterocycles. The minimum atomic E-state index is -3.80. The topological polar surface area (TPSA) is 54.5 Å². The molecule has 0 fully saturated rings. The summed E-state index contributed by atoms with van der Waals surface area (Å²) >= 11 is 0. The van der Waals surface area contributed by atoms with E-state index in [1.807, 2.05) is 37.3 Å². The van der Waals surface area contributed by atoms with E-state index < -0.39 is 10.0 Å². The summed E-state index contributed by atoms with van der Waals surface area (Å²) in [7, 11) is -3.80. The fourth-order valence-corrected chi connectivity index (χ4v) is 3.13. The Kier molecular flexibility index (Phi) is 5.20. The number of sulfonamides is 1. The van der Waals surface area contributed by atoms with Crippen LogP contribution in [0.2, 0.25) is 0 Å². The maximum Gasteiger partial charge on any atom is 0.271 e. The summed E-state index contributed by atoms with van der Waals surface area (Å²) in [4.78, 5) is 11.3. The van der Waals surface area contributed by atoms with E-state index in [0.29, 0.717) is 0 Å². The van der Waals surface area contributed by atoms with E-state index in [4.69, 9.17) is 0 Å². The first-order chi connectivity index (χ1) is 10.9. The molecule has 0 radical (unpaired) electrons. The summed E-state index contributed by atoms with van der Waals surface area (Å²) in [5, 5.41) is 0. The van der Waals surface area contributed by atoms with Gasteiger partial charge in [-0.25, -0.2) is 12.7 Å². The summed E-state index contributed by atoms with van der Waals surface area (Å²) < 4.78 is 26.6. The van der Waals surface area contributed by atoms with Crippen LogP contribution >= 0.6 is 0 Å². The minimum Gasteiger partial charge on any atom is -0.285 e. The molecule has 0 aliphatic rings. The van der Waals surface area contributed by atoms with Crippen LogP contribution in [0.15, 0.2) is 59.5 Å². The molecule has 0 spiro atoms. The standard InChI is InChI=1S/C18H17NO3S/c1-15-8-10-18(11-9-15)23(21,22)19(13-12-16(2)20)14-17-6-4-3-5-7-17/h3-11H,14H2,1-2H3.